The Morgan fingerprint density at radius 3 is 2.38 bits per heavy atom. The van der Waals surface area contributed by atoms with Gasteiger partial charge in [-0.2, -0.15) is 11.8 Å². The Morgan fingerprint density at radius 1 is 1.14 bits per heavy atom. The summed E-state index contributed by atoms with van der Waals surface area (Å²) < 4.78 is 10.3. The van der Waals surface area contributed by atoms with Gasteiger partial charge in [0.05, 0.1) is 7.11 Å². The van der Waals surface area contributed by atoms with Crippen molar-refractivity contribution in [1.29, 1.82) is 0 Å². The fraction of sp³-hybridized carbons (Fsp3) is 0.550. The summed E-state index contributed by atoms with van der Waals surface area (Å²) in [4.78, 5) is 41.2. The molecule has 0 bridgehead atoms. The van der Waals surface area contributed by atoms with Crippen molar-refractivity contribution in [2.24, 2.45) is 0 Å². The van der Waals surface area contributed by atoms with E-state index in [0.29, 0.717) is 18.8 Å². The Labute approximate surface area is 175 Å². The molecule has 1 aromatic carbocycles. The van der Waals surface area contributed by atoms with Gasteiger partial charge in [-0.05, 0) is 18.9 Å². The van der Waals surface area contributed by atoms with E-state index in [9.17, 15) is 14.4 Å². The highest BCUT2D eigenvalue weighted by Crippen LogP contribution is 2.11. The third-order valence-electron chi connectivity index (χ3n) is 4.70. The van der Waals surface area contributed by atoms with E-state index >= 15 is 0 Å². The first kappa shape index (κ1) is 23.0. The quantitative estimate of drug-likeness (QED) is 0.624. The second kappa shape index (κ2) is 11.7. The SMILES string of the molecule is COC(=O)[C@H](CSC)NC(=O)[C@H](Cc1ccccc1)OC(=O)N1CCN(C)CC1. The van der Waals surface area contributed by atoms with Gasteiger partial charge in [0, 0.05) is 38.4 Å². The first-order valence-corrected chi connectivity index (χ1v) is 10.9. The van der Waals surface area contributed by atoms with E-state index in [2.05, 4.69) is 10.2 Å². The van der Waals surface area contributed by atoms with Crippen LogP contribution in [0.25, 0.3) is 0 Å². The van der Waals surface area contributed by atoms with E-state index in [4.69, 9.17) is 9.47 Å². The fourth-order valence-electron chi connectivity index (χ4n) is 2.94. The number of ether oxygens (including phenoxy) is 2. The molecule has 0 aromatic heterocycles. The number of piperazine rings is 1. The maximum atomic E-state index is 12.9. The van der Waals surface area contributed by atoms with Crippen molar-refractivity contribution in [3.8, 4) is 0 Å². The molecule has 0 saturated carbocycles. The number of carbonyl (C=O) groups is 3. The van der Waals surface area contributed by atoms with Gasteiger partial charge < -0.3 is 24.6 Å². The van der Waals surface area contributed by atoms with Crippen LogP contribution in [0.5, 0.6) is 0 Å². The number of esters is 1. The van der Waals surface area contributed by atoms with Gasteiger partial charge in [-0.15, -0.1) is 0 Å². The molecule has 9 heteroatoms. The number of likely N-dealkylation sites (N-methyl/N-ethyl adjacent to an activating group) is 1. The molecule has 2 amide bonds. The molecule has 2 rings (SSSR count). The largest absolute Gasteiger partial charge is 0.467 e. The Morgan fingerprint density at radius 2 is 1.79 bits per heavy atom. The normalized spacial score (nSPS) is 16.6. The lowest BCUT2D eigenvalue weighted by atomic mass is 10.1. The van der Waals surface area contributed by atoms with Crippen LogP contribution in [0.3, 0.4) is 0 Å². The number of hydrogen-bond acceptors (Lipinski definition) is 7. The van der Waals surface area contributed by atoms with Crippen molar-refractivity contribution < 1.29 is 23.9 Å². The zero-order valence-corrected chi connectivity index (χ0v) is 17.9. The van der Waals surface area contributed by atoms with Gasteiger partial charge in [0.15, 0.2) is 6.10 Å². The Kier molecular flexibility index (Phi) is 9.27. The lowest BCUT2D eigenvalue weighted by Gasteiger charge is -2.32. The van der Waals surface area contributed by atoms with E-state index in [1.807, 2.05) is 43.6 Å². The van der Waals surface area contributed by atoms with Crippen molar-refractivity contribution in [2.75, 3.05) is 52.3 Å². The average Bonchev–Trinajstić information content (AvgIpc) is 2.73. The standard InChI is InChI=1S/C20H29N3O5S/c1-22-9-11-23(12-10-22)20(26)28-17(13-15-7-5-4-6-8-15)18(24)21-16(14-29-3)19(25)27-2/h4-8,16-17H,9-14H2,1-3H3,(H,21,24)/t16-,17-/m0/s1. The van der Waals surface area contributed by atoms with Crippen molar-refractivity contribution in [3.63, 3.8) is 0 Å². The van der Waals surface area contributed by atoms with E-state index < -0.39 is 30.1 Å². The second-order valence-corrected chi connectivity index (χ2v) is 7.80. The first-order chi connectivity index (χ1) is 13.9. The minimum absolute atomic E-state index is 0.222. The highest BCUT2D eigenvalue weighted by molar-refractivity contribution is 7.98. The Hall–Kier alpha value is -2.26. The van der Waals surface area contributed by atoms with Crippen LogP contribution in [0.15, 0.2) is 30.3 Å². The van der Waals surface area contributed by atoms with Crippen LogP contribution in [0, 0.1) is 0 Å². The zero-order chi connectivity index (χ0) is 21.2. The van der Waals surface area contributed by atoms with Crippen molar-refractivity contribution >= 4 is 29.7 Å². The summed E-state index contributed by atoms with van der Waals surface area (Å²) in [5.41, 5.74) is 0.860. The molecule has 0 radical (unpaired) electrons. The highest BCUT2D eigenvalue weighted by atomic mass is 32.2. The molecule has 1 aliphatic heterocycles. The monoisotopic (exact) mass is 423 g/mol. The number of rotatable bonds is 8. The predicted molar refractivity (Wildman–Crippen MR) is 112 cm³/mol. The lowest BCUT2D eigenvalue weighted by Crippen LogP contribution is -2.52. The predicted octanol–water partition coefficient (Wildman–Crippen LogP) is 1.00. The molecule has 1 fully saturated rings. The van der Waals surface area contributed by atoms with Gasteiger partial charge in [0.1, 0.15) is 6.04 Å². The van der Waals surface area contributed by atoms with E-state index in [-0.39, 0.29) is 6.42 Å². The highest BCUT2D eigenvalue weighted by Gasteiger charge is 2.31. The van der Waals surface area contributed by atoms with Crippen LogP contribution in [0.1, 0.15) is 5.56 Å². The summed E-state index contributed by atoms with van der Waals surface area (Å²) in [5.74, 6) is -0.680. The minimum Gasteiger partial charge on any atom is -0.467 e. The molecule has 0 unspecified atom stereocenters. The molecule has 1 aliphatic rings. The van der Waals surface area contributed by atoms with Crippen LogP contribution >= 0.6 is 11.8 Å². The number of nitrogens with one attached hydrogen (secondary N) is 1. The molecule has 1 heterocycles. The number of nitrogens with zero attached hydrogens (tertiary/aromatic N) is 2. The summed E-state index contributed by atoms with van der Waals surface area (Å²) in [6, 6.07) is 8.52. The molecular formula is C20H29N3O5S. The van der Waals surface area contributed by atoms with Gasteiger partial charge in [-0.25, -0.2) is 9.59 Å². The molecule has 2 atom stereocenters. The molecular weight excluding hydrogens is 394 g/mol. The summed E-state index contributed by atoms with van der Waals surface area (Å²) in [5, 5.41) is 2.67. The molecule has 1 N–H and O–H groups in total. The average molecular weight is 424 g/mol. The Bertz CT molecular complexity index is 680. The molecule has 29 heavy (non-hydrogen) atoms. The first-order valence-electron chi connectivity index (χ1n) is 9.49. The van der Waals surface area contributed by atoms with Gasteiger partial charge in [0.2, 0.25) is 0 Å². The zero-order valence-electron chi connectivity index (χ0n) is 17.1. The number of hydrogen-bond donors (Lipinski definition) is 1. The smallest absolute Gasteiger partial charge is 0.410 e. The number of methoxy groups -OCH3 is 1. The van der Waals surface area contributed by atoms with Gasteiger partial charge in [-0.3, -0.25) is 4.79 Å². The van der Waals surface area contributed by atoms with Crippen LogP contribution in [-0.2, 0) is 25.5 Å². The molecule has 8 nitrogen and oxygen atoms in total. The summed E-state index contributed by atoms with van der Waals surface area (Å²) in [6.07, 6.45) is 0.489. The van der Waals surface area contributed by atoms with E-state index in [0.717, 1.165) is 18.7 Å². The molecule has 160 valence electrons. The van der Waals surface area contributed by atoms with E-state index in [1.165, 1.54) is 18.9 Å². The Balaban J connectivity index is 2.09. The van der Waals surface area contributed by atoms with Gasteiger partial charge >= 0.3 is 12.1 Å². The summed E-state index contributed by atoms with van der Waals surface area (Å²) >= 11 is 1.41. The van der Waals surface area contributed by atoms with Crippen molar-refractivity contribution in [1.82, 2.24) is 15.1 Å². The number of thioether (sulfide) groups is 1. The molecule has 0 aliphatic carbocycles. The maximum absolute atomic E-state index is 12.9. The molecule has 0 spiro atoms. The van der Waals surface area contributed by atoms with Gasteiger partial charge in [0.25, 0.3) is 5.91 Å². The van der Waals surface area contributed by atoms with Gasteiger partial charge in [-0.1, -0.05) is 30.3 Å². The number of benzene rings is 1. The number of amides is 2. The second-order valence-electron chi connectivity index (χ2n) is 6.89. The lowest BCUT2D eigenvalue weighted by molar-refractivity contribution is -0.145. The maximum Gasteiger partial charge on any atom is 0.410 e. The summed E-state index contributed by atoms with van der Waals surface area (Å²) in [7, 11) is 3.27. The van der Waals surface area contributed by atoms with Crippen LogP contribution < -0.4 is 5.32 Å². The third kappa shape index (κ3) is 7.25. The van der Waals surface area contributed by atoms with Crippen LogP contribution in [0.2, 0.25) is 0 Å². The summed E-state index contributed by atoms with van der Waals surface area (Å²) in [6.45, 7) is 2.60. The molecule has 1 aromatic rings. The number of carbonyl (C=O) groups excluding carboxylic acids is 3. The fourth-order valence-corrected chi connectivity index (χ4v) is 3.50. The van der Waals surface area contributed by atoms with Crippen LogP contribution in [-0.4, -0.2) is 92.3 Å². The third-order valence-corrected chi connectivity index (χ3v) is 5.36. The van der Waals surface area contributed by atoms with Crippen molar-refractivity contribution in [3.05, 3.63) is 35.9 Å². The molecule has 1 saturated heterocycles. The van der Waals surface area contributed by atoms with Crippen molar-refractivity contribution in [2.45, 2.75) is 18.6 Å². The van der Waals surface area contributed by atoms with E-state index in [1.54, 1.807) is 4.90 Å². The van der Waals surface area contributed by atoms with Crippen LogP contribution in [0.4, 0.5) is 4.79 Å². The topological polar surface area (TPSA) is 88.2 Å². The minimum atomic E-state index is -1.04.